The predicted molar refractivity (Wildman–Crippen MR) is 140 cm³/mol. The van der Waals surface area contributed by atoms with Crippen LogP contribution in [0.2, 0.25) is 0 Å². The molecule has 0 aliphatic rings. The van der Waals surface area contributed by atoms with Crippen LogP contribution in [0.25, 0.3) is 33.4 Å². The van der Waals surface area contributed by atoms with E-state index < -0.39 is 0 Å². The van der Waals surface area contributed by atoms with E-state index in [-0.39, 0.29) is 5.75 Å². The Bertz CT molecular complexity index is 1190. The minimum atomic E-state index is 0.269. The van der Waals surface area contributed by atoms with Crippen LogP contribution in [0.5, 0.6) is 11.5 Å². The van der Waals surface area contributed by atoms with Gasteiger partial charge in [0.25, 0.3) is 0 Å². The Morgan fingerprint density at radius 3 is 1.64 bits per heavy atom. The first-order valence-corrected chi connectivity index (χ1v) is 11.3. The summed E-state index contributed by atoms with van der Waals surface area (Å²) in [6, 6.07) is 31.9. The Hall–Kier alpha value is -3.78. The summed E-state index contributed by atoms with van der Waals surface area (Å²) in [5.74, 6) is 2.52. The van der Waals surface area contributed by atoms with Gasteiger partial charge in [-0.15, -0.1) is 0 Å². The first-order valence-electron chi connectivity index (χ1n) is 11.3. The van der Waals surface area contributed by atoms with E-state index in [4.69, 9.17) is 4.74 Å². The van der Waals surface area contributed by atoms with E-state index in [1.165, 1.54) is 0 Å². The number of phenolic OH excluding ortho intramolecular Hbond substituents is 1. The smallest absolute Gasteiger partial charge is 0.134 e. The number of phenols is 1. The highest BCUT2D eigenvalue weighted by molar-refractivity contribution is 5.81. The Morgan fingerprint density at radius 2 is 1.12 bits per heavy atom. The summed E-state index contributed by atoms with van der Waals surface area (Å²) >= 11 is 0. The summed E-state index contributed by atoms with van der Waals surface area (Å²) < 4.78 is 5.87. The molecule has 0 spiro atoms. The van der Waals surface area contributed by atoms with Gasteiger partial charge in [-0.3, -0.25) is 0 Å². The first kappa shape index (κ1) is 23.9. The van der Waals surface area contributed by atoms with Crippen molar-refractivity contribution in [1.82, 2.24) is 0 Å². The first-order chi connectivity index (χ1) is 15.8. The van der Waals surface area contributed by atoms with Crippen molar-refractivity contribution in [3.8, 4) is 44.9 Å². The molecule has 1 N–H and O–H groups in total. The highest BCUT2D eigenvalue weighted by atomic mass is 16.5. The number of hydrogen-bond donors (Lipinski definition) is 1. The summed E-state index contributed by atoms with van der Waals surface area (Å²) in [6.07, 6.45) is 0. The zero-order valence-corrected chi connectivity index (χ0v) is 19.9. The monoisotopic (exact) mass is 436 g/mol. The second-order valence-electron chi connectivity index (χ2n) is 8.71. The van der Waals surface area contributed by atoms with E-state index in [1.54, 1.807) is 6.07 Å². The van der Waals surface area contributed by atoms with Crippen LogP contribution in [0.15, 0.2) is 109 Å². The van der Waals surface area contributed by atoms with Crippen molar-refractivity contribution in [3.05, 3.63) is 109 Å². The van der Waals surface area contributed by atoms with Gasteiger partial charge in [-0.25, -0.2) is 0 Å². The van der Waals surface area contributed by atoms with Gasteiger partial charge in [0.05, 0.1) is 5.76 Å². The van der Waals surface area contributed by atoms with Crippen LogP contribution < -0.4 is 4.74 Å². The van der Waals surface area contributed by atoms with Crippen LogP contribution in [0.4, 0.5) is 0 Å². The Labute approximate surface area is 197 Å². The summed E-state index contributed by atoms with van der Waals surface area (Å²) in [5.41, 5.74) is 5.95. The van der Waals surface area contributed by atoms with E-state index in [0.29, 0.717) is 5.76 Å². The molecule has 0 saturated carbocycles. The summed E-state index contributed by atoms with van der Waals surface area (Å²) in [6.45, 7) is 12.2. The molecule has 0 fully saturated rings. The van der Waals surface area contributed by atoms with Crippen LogP contribution in [0.1, 0.15) is 27.7 Å². The second kappa shape index (κ2) is 11.2. The molecule has 33 heavy (non-hydrogen) atoms. The van der Waals surface area contributed by atoms with Crippen molar-refractivity contribution < 1.29 is 9.84 Å². The number of hydrogen-bond acceptors (Lipinski definition) is 2. The SMILES string of the molecule is C=C(C)Oc1ccc(-c2ccc(O)c(-c3ccccc3)c2)cc1-c1ccccc1.CC(C)C. The van der Waals surface area contributed by atoms with Gasteiger partial charge >= 0.3 is 0 Å². The molecule has 0 aromatic heterocycles. The standard InChI is InChI=1S/C27H22O2.C4H10/c1-19(2)29-27-16-14-23(18-25(27)21-11-7-4-8-12-21)22-13-15-26(28)24(17-22)20-9-5-3-6-10-20;1-4(2)3/h3-18,28H,1H2,2H3;4H,1-3H3. The lowest BCUT2D eigenvalue weighted by Crippen LogP contribution is -1.93. The third-order valence-electron chi connectivity index (χ3n) is 4.76. The van der Waals surface area contributed by atoms with Crippen LogP contribution in [-0.4, -0.2) is 5.11 Å². The number of benzene rings is 4. The molecule has 4 aromatic carbocycles. The van der Waals surface area contributed by atoms with Crippen molar-refractivity contribution in [1.29, 1.82) is 0 Å². The molecule has 0 aliphatic heterocycles. The molecule has 0 bridgehead atoms. The van der Waals surface area contributed by atoms with Gasteiger partial charge < -0.3 is 9.84 Å². The average Bonchev–Trinajstić information content (AvgIpc) is 2.80. The molecule has 0 saturated heterocycles. The number of rotatable bonds is 5. The summed E-state index contributed by atoms with van der Waals surface area (Å²) in [4.78, 5) is 0. The van der Waals surface area contributed by atoms with Crippen molar-refractivity contribution in [2.24, 2.45) is 5.92 Å². The molecule has 2 heteroatoms. The van der Waals surface area contributed by atoms with E-state index >= 15 is 0 Å². The molecule has 168 valence electrons. The third kappa shape index (κ3) is 6.60. The lowest BCUT2D eigenvalue weighted by atomic mass is 9.95. The third-order valence-corrected chi connectivity index (χ3v) is 4.76. The van der Waals surface area contributed by atoms with Crippen molar-refractivity contribution in [3.63, 3.8) is 0 Å². The van der Waals surface area contributed by atoms with Crippen molar-refractivity contribution in [2.75, 3.05) is 0 Å². The fourth-order valence-electron chi connectivity index (χ4n) is 3.39. The summed E-state index contributed by atoms with van der Waals surface area (Å²) in [5, 5.41) is 10.4. The Kier molecular flexibility index (Phi) is 8.10. The predicted octanol–water partition coefficient (Wildman–Crippen LogP) is 8.97. The summed E-state index contributed by atoms with van der Waals surface area (Å²) in [7, 11) is 0. The lowest BCUT2D eigenvalue weighted by Gasteiger charge is -2.14. The minimum absolute atomic E-state index is 0.269. The molecule has 4 aromatic rings. The molecular weight excluding hydrogens is 404 g/mol. The van der Waals surface area contributed by atoms with E-state index in [2.05, 4.69) is 45.5 Å². The van der Waals surface area contributed by atoms with Crippen molar-refractivity contribution in [2.45, 2.75) is 27.7 Å². The highest BCUT2D eigenvalue weighted by Crippen LogP contribution is 2.38. The quantitative estimate of drug-likeness (QED) is 0.316. The zero-order valence-electron chi connectivity index (χ0n) is 19.9. The van der Waals surface area contributed by atoms with Crippen LogP contribution in [0, 0.1) is 5.92 Å². The molecule has 4 rings (SSSR count). The average molecular weight is 437 g/mol. The maximum Gasteiger partial charge on any atom is 0.134 e. The van der Waals surface area contributed by atoms with Gasteiger partial charge in [-0.05, 0) is 59.4 Å². The molecule has 0 heterocycles. The topological polar surface area (TPSA) is 29.5 Å². The Balaban J connectivity index is 0.000000709. The molecular formula is C31H32O2. The van der Waals surface area contributed by atoms with Gasteiger partial charge in [0.1, 0.15) is 11.5 Å². The molecule has 0 aliphatic carbocycles. The molecule has 0 atom stereocenters. The van der Waals surface area contributed by atoms with Crippen molar-refractivity contribution >= 4 is 0 Å². The van der Waals surface area contributed by atoms with Gasteiger partial charge in [0, 0.05) is 11.1 Å². The number of aromatic hydroxyl groups is 1. The van der Waals surface area contributed by atoms with Gasteiger partial charge in [-0.1, -0.05) is 100 Å². The van der Waals surface area contributed by atoms with E-state index in [9.17, 15) is 5.11 Å². The van der Waals surface area contributed by atoms with Crippen LogP contribution in [0.3, 0.4) is 0 Å². The van der Waals surface area contributed by atoms with E-state index in [1.807, 2.05) is 79.7 Å². The fraction of sp³-hybridized carbons (Fsp3) is 0.161. The normalized spacial score (nSPS) is 10.3. The minimum Gasteiger partial charge on any atom is -0.507 e. The van der Waals surface area contributed by atoms with Gasteiger partial charge in [0.2, 0.25) is 0 Å². The fourth-order valence-corrected chi connectivity index (χ4v) is 3.39. The van der Waals surface area contributed by atoms with Crippen LogP contribution >= 0.6 is 0 Å². The second-order valence-corrected chi connectivity index (χ2v) is 8.71. The largest absolute Gasteiger partial charge is 0.507 e. The van der Waals surface area contributed by atoms with Gasteiger partial charge in [0.15, 0.2) is 0 Å². The number of allylic oxidation sites excluding steroid dienone is 1. The molecule has 0 unspecified atom stereocenters. The highest BCUT2D eigenvalue weighted by Gasteiger charge is 2.12. The zero-order chi connectivity index (χ0) is 23.8. The molecule has 0 radical (unpaired) electrons. The molecule has 2 nitrogen and oxygen atoms in total. The maximum absolute atomic E-state index is 10.4. The lowest BCUT2D eigenvalue weighted by molar-refractivity contribution is 0.432. The maximum atomic E-state index is 10.4. The number of ether oxygens (including phenoxy) is 1. The Morgan fingerprint density at radius 1 is 0.667 bits per heavy atom. The van der Waals surface area contributed by atoms with Crippen LogP contribution in [-0.2, 0) is 0 Å². The van der Waals surface area contributed by atoms with Gasteiger partial charge in [-0.2, -0.15) is 0 Å². The van der Waals surface area contributed by atoms with E-state index in [0.717, 1.165) is 45.0 Å². The molecule has 0 amide bonds.